The maximum atomic E-state index is 5.62. The monoisotopic (exact) mass is 178 g/mol. The number of benzene rings is 1. The molecule has 1 aromatic heterocycles. The lowest BCUT2D eigenvalue weighted by Crippen LogP contribution is -1.93. The molecule has 2 N–H and O–H groups in total. The van der Waals surface area contributed by atoms with E-state index in [1.807, 2.05) is 19.1 Å². The molecule has 0 spiro atoms. The van der Waals surface area contributed by atoms with E-state index in [0.717, 1.165) is 11.1 Å². The highest BCUT2D eigenvalue weighted by Crippen LogP contribution is 2.29. The largest absolute Gasteiger partial charge is 0.493 e. The molecule has 1 aromatic carbocycles. The van der Waals surface area contributed by atoms with Gasteiger partial charge in [-0.25, -0.2) is 0 Å². The average molecular weight is 178 g/mol. The molecule has 0 radical (unpaired) electrons. The fourth-order valence-corrected chi connectivity index (χ4v) is 1.26. The highest BCUT2D eigenvalue weighted by atomic mass is 16.5. The topological polar surface area (TPSA) is 61.3 Å². The van der Waals surface area contributed by atoms with Crippen LogP contribution >= 0.6 is 0 Å². The molecule has 2 aromatic rings. The van der Waals surface area contributed by atoms with Crippen LogP contribution in [-0.2, 0) is 0 Å². The second kappa shape index (κ2) is 2.97. The highest BCUT2D eigenvalue weighted by Gasteiger charge is 2.09. The van der Waals surface area contributed by atoms with Crippen LogP contribution < -0.4 is 10.5 Å². The van der Waals surface area contributed by atoms with Crippen molar-refractivity contribution in [2.45, 2.75) is 6.92 Å². The van der Waals surface area contributed by atoms with E-state index >= 15 is 0 Å². The van der Waals surface area contributed by atoms with Crippen LogP contribution in [0.3, 0.4) is 0 Å². The lowest BCUT2D eigenvalue weighted by Gasteiger charge is -2.02. The Bertz CT molecular complexity index is 422. The summed E-state index contributed by atoms with van der Waals surface area (Å²) in [6.07, 6.45) is 0. The molecule has 0 fully saturated rings. The molecule has 1 heterocycles. The first kappa shape index (κ1) is 7.91. The second-order valence-corrected chi connectivity index (χ2v) is 2.63. The van der Waals surface area contributed by atoms with Crippen LogP contribution in [0.4, 0.5) is 5.82 Å². The lowest BCUT2D eigenvalue weighted by molar-refractivity contribution is 0.344. The number of hydrogen-bond acceptors (Lipinski definition) is 4. The zero-order chi connectivity index (χ0) is 9.26. The minimum Gasteiger partial charge on any atom is -0.493 e. The van der Waals surface area contributed by atoms with Crippen molar-refractivity contribution in [3.8, 4) is 5.75 Å². The van der Waals surface area contributed by atoms with Crippen molar-refractivity contribution < 1.29 is 9.26 Å². The van der Waals surface area contributed by atoms with Gasteiger partial charge in [-0.1, -0.05) is 11.2 Å². The summed E-state index contributed by atoms with van der Waals surface area (Å²) < 4.78 is 10.4. The molecular weight excluding hydrogens is 168 g/mol. The fourth-order valence-electron chi connectivity index (χ4n) is 1.26. The zero-order valence-electron chi connectivity index (χ0n) is 7.28. The molecule has 13 heavy (non-hydrogen) atoms. The Labute approximate surface area is 75.3 Å². The molecule has 0 aliphatic rings. The van der Waals surface area contributed by atoms with Crippen LogP contribution in [0.15, 0.2) is 22.7 Å². The van der Waals surface area contributed by atoms with Crippen molar-refractivity contribution in [1.82, 2.24) is 5.16 Å². The van der Waals surface area contributed by atoms with Gasteiger partial charge in [0.15, 0.2) is 11.4 Å². The minimum atomic E-state index is 0.374. The normalized spacial score (nSPS) is 10.5. The minimum absolute atomic E-state index is 0.374. The Morgan fingerprint density at radius 2 is 2.38 bits per heavy atom. The number of fused-ring (bicyclic) bond motifs is 1. The molecule has 0 unspecified atom stereocenters. The van der Waals surface area contributed by atoms with Crippen molar-refractivity contribution in [2.24, 2.45) is 0 Å². The number of anilines is 1. The van der Waals surface area contributed by atoms with Crippen LogP contribution in [0.25, 0.3) is 11.0 Å². The Kier molecular flexibility index (Phi) is 1.81. The summed E-state index contributed by atoms with van der Waals surface area (Å²) in [5, 5.41) is 4.42. The number of aromatic nitrogens is 1. The van der Waals surface area contributed by atoms with Gasteiger partial charge in [-0.3, -0.25) is 0 Å². The number of ether oxygens (including phenoxy) is 1. The molecule has 0 bridgehead atoms. The van der Waals surface area contributed by atoms with E-state index in [0.29, 0.717) is 18.0 Å². The SMILES string of the molecule is CCOc1cccc2onc(N)c12. The van der Waals surface area contributed by atoms with E-state index in [-0.39, 0.29) is 0 Å². The number of nitrogens with zero attached hydrogens (tertiary/aromatic N) is 1. The first-order valence-electron chi connectivity index (χ1n) is 4.09. The van der Waals surface area contributed by atoms with E-state index in [2.05, 4.69) is 5.16 Å². The maximum Gasteiger partial charge on any atom is 0.178 e. The summed E-state index contributed by atoms with van der Waals surface area (Å²) in [7, 11) is 0. The third-order valence-corrected chi connectivity index (χ3v) is 1.79. The average Bonchev–Trinajstić information content (AvgIpc) is 2.50. The van der Waals surface area contributed by atoms with Gasteiger partial charge < -0.3 is 15.0 Å². The summed E-state index contributed by atoms with van der Waals surface area (Å²) in [6, 6.07) is 5.50. The molecule has 0 saturated carbocycles. The van der Waals surface area contributed by atoms with E-state index in [9.17, 15) is 0 Å². The van der Waals surface area contributed by atoms with E-state index < -0.39 is 0 Å². The summed E-state index contributed by atoms with van der Waals surface area (Å²) in [6.45, 7) is 2.52. The Morgan fingerprint density at radius 1 is 1.54 bits per heavy atom. The fraction of sp³-hybridized carbons (Fsp3) is 0.222. The summed E-state index contributed by atoms with van der Waals surface area (Å²) >= 11 is 0. The predicted molar refractivity (Wildman–Crippen MR) is 49.6 cm³/mol. The number of nitrogens with two attached hydrogens (primary N) is 1. The Morgan fingerprint density at radius 3 is 3.15 bits per heavy atom. The van der Waals surface area contributed by atoms with Crippen molar-refractivity contribution in [3.63, 3.8) is 0 Å². The summed E-state index contributed by atoms with van der Waals surface area (Å²) in [4.78, 5) is 0. The van der Waals surface area contributed by atoms with Gasteiger partial charge in [0.25, 0.3) is 0 Å². The molecule has 0 atom stereocenters. The van der Waals surface area contributed by atoms with Gasteiger partial charge in [-0.05, 0) is 19.1 Å². The van der Waals surface area contributed by atoms with Crippen LogP contribution in [-0.4, -0.2) is 11.8 Å². The van der Waals surface area contributed by atoms with Gasteiger partial charge in [0.1, 0.15) is 11.1 Å². The summed E-state index contributed by atoms with van der Waals surface area (Å²) in [5.74, 6) is 1.10. The van der Waals surface area contributed by atoms with Crippen molar-refractivity contribution >= 4 is 16.8 Å². The third kappa shape index (κ3) is 1.20. The first-order chi connectivity index (χ1) is 6.33. The Hall–Kier alpha value is -1.71. The van der Waals surface area contributed by atoms with Crippen molar-refractivity contribution in [3.05, 3.63) is 18.2 Å². The molecule has 68 valence electrons. The van der Waals surface area contributed by atoms with Crippen LogP contribution in [0.1, 0.15) is 6.92 Å². The molecular formula is C9H10N2O2. The number of rotatable bonds is 2. The van der Waals surface area contributed by atoms with Gasteiger partial charge >= 0.3 is 0 Å². The standard InChI is InChI=1S/C9H10N2O2/c1-2-12-6-4-3-5-7-8(6)9(10)11-13-7/h3-5H,2H2,1H3,(H2,10,11). The van der Waals surface area contributed by atoms with Gasteiger partial charge in [0.05, 0.1) is 6.61 Å². The summed E-state index contributed by atoms with van der Waals surface area (Å²) in [5.41, 5.74) is 6.28. The second-order valence-electron chi connectivity index (χ2n) is 2.63. The molecule has 2 rings (SSSR count). The van der Waals surface area contributed by atoms with Gasteiger partial charge in [0, 0.05) is 0 Å². The van der Waals surface area contributed by atoms with Gasteiger partial charge in [-0.15, -0.1) is 0 Å². The highest BCUT2D eigenvalue weighted by molar-refractivity contribution is 5.92. The molecule has 0 saturated heterocycles. The molecule has 4 heteroatoms. The zero-order valence-corrected chi connectivity index (χ0v) is 7.28. The first-order valence-corrected chi connectivity index (χ1v) is 4.09. The van der Waals surface area contributed by atoms with Gasteiger partial charge in [-0.2, -0.15) is 0 Å². The molecule has 0 aliphatic heterocycles. The number of hydrogen-bond donors (Lipinski definition) is 1. The van der Waals surface area contributed by atoms with E-state index in [1.54, 1.807) is 6.07 Å². The van der Waals surface area contributed by atoms with Crippen LogP contribution in [0.5, 0.6) is 5.75 Å². The molecule has 4 nitrogen and oxygen atoms in total. The predicted octanol–water partition coefficient (Wildman–Crippen LogP) is 1.81. The van der Waals surface area contributed by atoms with E-state index in [1.165, 1.54) is 0 Å². The van der Waals surface area contributed by atoms with Gasteiger partial charge in [0.2, 0.25) is 0 Å². The molecule has 0 aliphatic carbocycles. The third-order valence-electron chi connectivity index (χ3n) is 1.79. The van der Waals surface area contributed by atoms with E-state index in [4.69, 9.17) is 15.0 Å². The Balaban J connectivity index is 2.65. The lowest BCUT2D eigenvalue weighted by atomic mass is 10.2. The smallest absolute Gasteiger partial charge is 0.178 e. The van der Waals surface area contributed by atoms with Crippen LogP contribution in [0.2, 0.25) is 0 Å². The van der Waals surface area contributed by atoms with Crippen molar-refractivity contribution in [1.29, 1.82) is 0 Å². The maximum absolute atomic E-state index is 5.62. The van der Waals surface area contributed by atoms with Crippen LogP contribution in [0, 0.1) is 0 Å². The quantitative estimate of drug-likeness (QED) is 0.761. The number of nitrogen functional groups attached to an aromatic ring is 1. The van der Waals surface area contributed by atoms with Crippen molar-refractivity contribution in [2.75, 3.05) is 12.3 Å². The molecule has 0 amide bonds.